The Labute approximate surface area is 98.6 Å². The van der Waals surface area contributed by atoms with Gasteiger partial charge in [-0.2, -0.15) is 13.2 Å². The smallest absolute Gasteiger partial charge is 0.397 e. The standard InChI is InChI=1S/C13H15F3O/c1-2-10-4-3-5-11(8-10)17-9-12(6-7-12)13(14,15)16/h3-5,8H,2,6-7,9H2,1H3. The normalized spacial score (nSPS) is 17.9. The molecule has 1 fully saturated rings. The second kappa shape index (κ2) is 4.24. The van der Waals surface area contributed by atoms with E-state index < -0.39 is 11.6 Å². The summed E-state index contributed by atoms with van der Waals surface area (Å²) in [5, 5.41) is 0. The van der Waals surface area contributed by atoms with E-state index >= 15 is 0 Å². The van der Waals surface area contributed by atoms with Gasteiger partial charge in [0.15, 0.2) is 0 Å². The molecule has 1 nitrogen and oxygen atoms in total. The molecule has 1 aromatic rings. The number of rotatable bonds is 4. The molecule has 0 radical (unpaired) electrons. The van der Waals surface area contributed by atoms with Gasteiger partial charge in [-0.1, -0.05) is 19.1 Å². The van der Waals surface area contributed by atoms with Gasteiger partial charge in [-0.05, 0) is 37.0 Å². The second-order valence-electron chi connectivity index (χ2n) is 4.57. The molecular weight excluding hydrogens is 229 g/mol. The van der Waals surface area contributed by atoms with Crippen LogP contribution in [0.3, 0.4) is 0 Å². The van der Waals surface area contributed by atoms with Crippen LogP contribution in [0.1, 0.15) is 25.3 Å². The highest BCUT2D eigenvalue weighted by Crippen LogP contribution is 2.57. The van der Waals surface area contributed by atoms with E-state index in [0.717, 1.165) is 12.0 Å². The minimum Gasteiger partial charge on any atom is -0.493 e. The molecule has 2 rings (SSSR count). The Kier molecular flexibility index (Phi) is 3.06. The summed E-state index contributed by atoms with van der Waals surface area (Å²) in [6.45, 7) is 1.74. The van der Waals surface area contributed by atoms with Crippen LogP contribution >= 0.6 is 0 Å². The molecule has 0 heterocycles. The fraction of sp³-hybridized carbons (Fsp3) is 0.538. The van der Waals surface area contributed by atoms with Crippen molar-refractivity contribution in [2.24, 2.45) is 5.41 Å². The van der Waals surface area contributed by atoms with Crippen molar-refractivity contribution in [1.82, 2.24) is 0 Å². The number of alkyl halides is 3. The molecule has 17 heavy (non-hydrogen) atoms. The molecule has 0 N–H and O–H groups in total. The van der Waals surface area contributed by atoms with Gasteiger partial charge >= 0.3 is 6.18 Å². The molecule has 0 spiro atoms. The summed E-state index contributed by atoms with van der Waals surface area (Å²) in [5.41, 5.74) is -0.519. The van der Waals surface area contributed by atoms with Gasteiger partial charge in [-0.25, -0.2) is 0 Å². The average Bonchev–Trinajstić information content (AvgIpc) is 3.07. The lowest BCUT2D eigenvalue weighted by Crippen LogP contribution is -2.30. The fourth-order valence-corrected chi connectivity index (χ4v) is 1.74. The molecular formula is C13H15F3O. The molecule has 0 aromatic heterocycles. The zero-order chi connectivity index (χ0) is 12.5. The molecule has 0 saturated heterocycles. The van der Waals surface area contributed by atoms with Crippen LogP contribution in [0.5, 0.6) is 5.75 Å². The summed E-state index contributed by atoms with van der Waals surface area (Å²) in [5.74, 6) is 0.528. The van der Waals surface area contributed by atoms with E-state index in [2.05, 4.69) is 0 Å². The van der Waals surface area contributed by atoms with Crippen molar-refractivity contribution in [2.45, 2.75) is 32.4 Å². The monoisotopic (exact) mass is 244 g/mol. The van der Waals surface area contributed by atoms with Crippen molar-refractivity contribution in [1.29, 1.82) is 0 Å². The summed E-state index contributed by atoms with van der Waals surface area (Å²) >= 11 is 0. The van der Waals surface area contributed by atoms with Crippen molar-refractivity contribution >= 4 is 0 Å². The molecule has 1 aliphatic carbocycles. The average molecular weight is 244 g/mol. The van der Waals surface area contributed by atoms with Gasteiger partial charge in [0.2, 0.25) is 0 Å². The van der Waals surface area contributed by atoms with Crippen molar-refractivity contribution in [3.63, 3.8) is 0 Å². The highest BCUT2D eigenvalue weighted by Gasteiger charge is 2.63. The lowest BCUT2D eigenvalue weighted by molar-refractivity contribution is -0.194. The van der Waals surface area contributed by atoms with Gasteiger partial charge in [0.1, 0.15) is 17.8 Å². The highest BCUT2D eigenvalue weighted by atomic mass is 19.4. The third kappa shape index (κ3) is 2.56. The first kappa shape index (κ1) is 12.3. The summed E-state index contributed by atoms with van der Waals surface area (Å²) < 4.78 is 43.3. The number of aryl methyl sites for hydroxylation is 1. The zero-order valence-corrected chi connectivity index (χ0v) is 9.68. The van der Waals surface area contributed by atoms with E-state index in [-0.39, 0.29) is 19.4 Å². The third-order valence-corrected chi connectivity index (χ3v) is 3.28. The molecule has 94 valence electrons. The van der Waals surface area contributed by atoms with Crippen LogP contribution < -0.4 is 4.74 Å². The van der Waals surface area contributed by atoms with E-state index in [4.69, 9.17) is 4.74 Å². The van der Waals surface area contributed by atoms with Crippen LogP contribution in [-0.4, -0.2) is 12.8 Å². The Bertz CT molecular complexity index is 394. The van der Waals surface area contributed by atoms with Crippen LogP contribution in [-0.2, 0) is 6.42 Å². The molecule has 0 bridgehead atoms. The lowest BCUT2D eigenvalue weighted by Gasteiger charge is -2.19. The fourth-order valence-electron chi connectivity index (χ4n) is 1.74. The first-order valence-electron chi connectivity index (χ1n) is 5.75. The van der Waals surface area contributed by atoms with E-state index in [0.29, 0.717) is 5.75 Å². The van der Waals surface area contributed by atoms with Gasteiger partial charge in [-0.15, -0.1) is 0 Å². The van der Waals surface area contributed by atoms with Crippen molar-refractivity contribution < 1.29 is 17.9 Å². The van der Waals surface area contributed by atoms with E-state index in [1.54, 1.807) is 18.2 Å². The molecule has 1 aliphatic rings. The van der Waals surface area contributed by atoms with Crippen LogP contribution in [0.15, 0.2) is 24.3 Å². The van der Waals surface area contributed by atoms with Crippen molar-refractivity contribution in [2.75, 3.05) is 6.61 Å². The van der Waals surface area contributed by atoms with E-state index in [1.165, 1.54) is 0 Å². The summed E-state index contributed by atoms with van der Waals surface area (Å²) in [6.07, 6.45) is -2.93. The molecule has 4 heteroatoms. The quantitative estimate of drug-likeness (QED) is 0.778. The Morgan fingerprint density at radius 2 is 2.00 bits per heavy atom. The molecule has 0 unspecified atom stereocenters. The minimum absolute atomic E-state index is 0.184. The second-order valence-corrected chi connectivity index (χ2v) is 4.57. The Morgan fingerprint density at radius 1 is 1.29 bits per heavy atom. The number of benzene rings is 1. The van der Waals surface area contributed by atoms with Crippen molar-refractivity contribution in [3.05, 3.63) is 29.8 Å². The largest absolute Gasteiger partial charge is 0.493 e. The predicted molar refractivity (Wildman–Crippen MR) is 59.0 cm³/mol. The predicted octanol–water partition coefficient (Wildman–Crippen LogP) is 3.97. The molecule has 1 saturated carbocycles. The number of ether oxygens (including phenoxy) is 1. The van der Waals surface area contributed by atoms with Crippen LogP contribution in [0, 0.1) is 5.41 Å². The lowest BCUT2D eigenvalue weighted by atomic mass is 10.1. The summed E-state index contributed by atoms with van der Waals surface area (Å²) in [4.78, 5) is 0. The van der Waals surface area contributed by atoms with Gasteiger partial charge in [-0.3, -0.25) is 0 Å². The Morgan fingerprint density at radius 3 is 2.53 bits per heavy atom. The minimum atomic E-state index is -4.14. The topological polar surface area (TPSA) is 9.23 Å². The van der Waals surface area contributed by atoms with Gasteiger partial charge in [0, 0.05) is 0 Å². The van der Waals surface area contributed by atoms with E-state index in [9.17, 15) is 13.2 Å². The maximum Gasteiger partial charge on any atom is 0.397 e. The van der Waals surface area contributed by atoms with Crippen LogP contribution in [0.2, 0.25) is 0 Å². The van der Waals surface area contributed by atoms with Crippen molar-refractivity contribution in [3.8, 4) is 5.75 Å². The first-order valence-corrected chi connectivity index (χ1v) is 5.75. The number of halogens is 3. The Hall–Kier alpha value is -1.19. The van der Waals surface area contributed by atoms with E-state index in [1.807, 2.05) is 13.0 Å². The van der Waals surface area contributed by atoms with Gasteiger partial charge in [0.25, 0.3) is 0 Å². The van der Waals surface area contributed by atoms with Crippen LogP contribution in [0.4, 0.5) is 13.2 Å². The molecule has 0 amide bonds. The maximum absolute atomic E-state index is 12.7. The number of hydrogen-bond donors (Lipinski definition) is 0. The maximum atomic E-state index is 12.7. The van der Waals surface area contributed by atoms with Gasteiger partial charge < -0.3 is 4.74 Å². The molecule has 0 aliphatic heterocycles. The number of hydrogen-bond acceptors (Lipinski definition) is 1. The third-order valence-electron chi connectivity index (χ3n) is 3.28. The highest BCUT2D eigenvalue weighted by molar-refractivity contribution is 5.28. The SMILES string of the molecule is CCc1cccc(OCC2(C(F)(F)F)CC2)c1. The Balaban J connectivity index is 1.98. The zero-order valence-electron chi connectivity index (χ0n) is 9.68. The summed E-state index contributed by atoms with van der Waals surface area (Å²) in [6, 6.07) is 7.24. The van der Waals surface area contributed by atoms with Gasteiger partial charge in [0.05, 0.1) is 0 Å². The summed E-state index contributed by atoms with van der Waals surface area (Å²) in [7, 11) is 0. The first-order chi connectivity index (χ1) is 7.97. The molecule has 0 atom stereocenters. The molecule has 1 aromatic carbocycles. The van der Waals surface area contributed by atoms with Crippen LogP contribution in [0.25, 0.3) is 0 Å².